The zero-order valence-corrected chi connectivity index (χ0v) is 11.3. The van der Waals surface area contributed by atoms with Crippen molar-refractivity contribution in [2.45, 2.75) is 0 Å². The van der Waals surface area contributed by atoms with Gasteiger partial charge in [0.25, 0.3) is 5.56 Å². The summed E-state index contributed by atoms with van der Waals surface area (Å²) in [5, 5.41) is 0. The van der Waals surface area contributed by atoms with Crippen LogP contribution in [-0.4, -0.2) is 23.8 Å². The first-order valence-electron chi connectivity index (χ1n) is 5.41. The van der Waals surface area contributed by atoms with Crippen molar-refractivity contribution in [2.75, 3.05) is 20.0 Å². The Morgan fingerprint density at radius 1 is 1.26 bits per heavy atom. The molecule has 0 aliphatic rings. The van der Waals surface area contributed by atoms with E-state index in [9.17, 15) is 4.79 Å². The molecule has 0 radical (unpaired) electrons. The molecule has 0 atom stereocenters. The normalized spacial score (nSPS) is 10.2. The number of rotatable bonds is 3. The number of nitrogens with two attached hydrogens (primary N) is 1. The number of H-pyrrole nitrogens is 1. The van der Waals surface area contributed by atoms with Crippen molar-refractivity contribution in [1.29, 1.82) is 0 Å². The predicted octanol–water partition coefficient (Wildman–Crippen LogP) is 1.49. The number of nitrogens with zero attached hydrogens (tertiary/aromatic N) is 1. The Morgan fingerprint density at radius 3 is 2.58 bits per heavy atom. The lowest BCUT2D eigenvalue weighted by Crippen LogP contribution is -2.15. The lowest BCUT2D eigenvalue weighted by Gasteiger charge is -2.14. The van der Waals surface area contributed by atoms with Gasteiger partial charge in [-0.05, 0) is 24.4 Å². The molecule has 0 aliphatic heterocycles. The SMILES string of the molecule is COc1ccc(OC)c(-n2c(N)cc(=O)[nH]c2=S)c1. The molecule has 0 saturated heterocycles. The van der Waals surface area contributed by atoms with Crippen molar-refractivity contribution in [3.8, 4) is 17.2 Å². The molecule has 1 aromatic heterocycles. The van der Waals surface area contributed by atoms with Crippen LogP contribution in [0.5, 0.6) is 11.5 Å². The maximum atomic E-state index is 11.3. The minimum atomic E-state index is -0.347. The summed E-state index contributed by atoms with van der Waals surface area (Å²) in [6, 6.07) is 6.48. The third-order valence-corrected chi connectivity index (χ3v) is 2.88. The lowest BCUT2D eigenvalue weighted by molar-refractivity contribution is 0.401. The van der Waals surface area contributed by atoms with Crippen LogP contribution >= 0.6 is 12.2 Å². The van der Waals surface area contributed by atoms with E-state index in [-0.39, 0.29) is 16.1 Å². The van der Waals surface area contributed by atoms with E-state index in [2.05, 4.69) is 4.98 Å². The fraction of sp³-hybridized carbons (Fsp3) is 0.167. The lowest BCUT2D eigenvalue weighted by atomic mass is 10.2. The maximum Gasteiger partial charge on any atom is 0.253 e. The highest BCUT2D eigenvalue weighted by molar-refractivity contribution is 7.71. The number of nitrogen functional groups attached to an aromatic ring is 1. The van der Waals surface area contributed by atoms with E-state index in [4.69, 9.17) is 27.4 Å². The van der Waals surface area contributed by atoms with Crippen LogP contribution in [0.4, 0.5) is 5.82 Å². The highest BCUT2D eigenvalue weighted by atomic mass is 32.1. The summed E-state index contributed by atoms with van der Waals surface area (Å²) in [4.78, 5) is 13.8. The second-order valence-electron chi connectivity index (χ2n) is 3.74. The molecule has 6 nitrogen and oxygen atoms in total. The van der Waals surface area contributed by atoms with Gasteiger partial charge in [0.2, 0.25) is 0 Å². The monoisotopic (exact) mass is 279 g/mol. The summed E-state index contributed by atoms with van der Waals surface area (Å²) in [5.41, 5.74) is 6.10. The molecular formula is C12H13N3O3S. The van der Waals surface area contributed by atoms with E-state index in [1.165, 1.54) is 17.7 Å². The molecule has 0 fully saturated rings. The van der Waals surface area contributed by atoms with E-state index in [1.807, 2.05) is 0 Å². The number of aromatic amines is 1. The summed E-state index contributed by atoms with van der Waals surface area (Å²) < 4.78 is 12.1. The molecule has 2 rings (SSSR count). The Labute approximate surface area is 114 Å². The number of anilines is 1. The third kappa shape index (κ3) is 2.45. The molecule has 0 saturated carbocycles. The summed E-state index contributed by atoms with van der Waals surface area (Å²) in [6.07, 6.45) is 0. The third-order valence-electron chi connectivity index (χ3n) is 2.60. The molecule has 7 heteroatoms. The van der Waals surface area contributed by atoms with Gasteiger partial charge >= 0.3 is 0 Å². The van der Waals surface area contributed by atoms with Crippen LogP contribution in [-0.2, 0) is 0 Å². The summed E-state index contributed by atoms with van der Waals surface area (Å²) >= 11 is 5.13. The molecule has 0 spiro atoms. The van der Waals surface area contributed by atoms with Crippen LogP contribution in [0.3, 0.4) is 0 Å². The first-order chi connectivity index (χ1) is 9.06. The van der Waals surface area contributed by atoms with Gasteiger partial charge in [-0.15, -0.1) is 0 Å². The Kier molecular flexibility index (Phi) is 3.57. The van der Waals surface area contributed by atoms with Gasteiger partial charge in [0.15, 0.2) is 4.77 Å². The van der Waals surface area contributed by atoms with Gasteiger partial charge in [0.05, 0.1) is 19.9 Å². The molecule has 0 bridgehead atoms. The molecule has 1 aromatic carbocycles. The molecular weight excluding hydrogens is 266 g/mol. The van der Waals surface area contributed by atoms with Crippen molar-refractivity contribution in [1.82, 2.24) is 9.55 Å². The smallest absolute Gasteiger partial charge is 0.253 e. The minimum Gasteiger partial charge on any atom is -0.497 e. The molecule has 0 amide bonds. The number of ether oxygens (including phenoxy) is 2. The first-order valence-corrected chi connectivity index (χ1v) is 5.82. The maximum absolute atomic E-state index is 11.3. The van der Waals surface area contributed by atoms with Crippen LogP contribution in [0.25, 0.3) is 5.69 Å². The van der Waals surface area contributed by atoms with Crippen LogP contribution in [0, 0.1) is 4.77 Å². The topological polar surface area (TPSA) is 82.3 Å². The van der Waals surface area contributed by atoms with Crippen molar-refractivity contribution in [3.63, 3.8) is 0 Å². The van der Waals surface area contributed by atoms with E-state index in [1.54, 1.807) is 25.3 Å². The fourth-order valence-electron chi connectivity index (χ4n) is 1.73. The first kappa shape index (κ1) is 13.2. The van der Waals surface area contributed by atoms with Crippen LogP contribution in [0.15, 0.2) is 29.1 Å². The van der Waals surface area contributed by atoms with Gasteiger partial charge in [-0.3, -0.25) is 14.3 Å². The molecule has 1 heterocycles. The molecule has 19 heavy (non-hydrogen) atoms. The van der Waals surface area contributed by atoms with E-state index >= 15 is 0 Å². The van der Waals surface area contributed by atoms with Crippen molar-refractivity contribution in [3.05, 3.63) is 39.4 Å². The van der Waals surface area contributed by atoms with Crippen molar-refractivity contribution >= 4 is 18.0 Å². The second kappa shape index (κ2) is 5.15. The predicted molar refractivity (Wildman–Crippen MR) is 74.7 cm³/mol. The van der Waals surface area contributed by atoms with Gasteiger partial charge in [-0.25, -0.2) is 0 Å². The number of hydrogen-bond acceptors (Lipinski definition) is 5. The van der Waals surface area contributed by atoms with E-state index < -0.39 is 0 Å². The quantitative estimate of drug-likeness (QED) is 0.832. The second-order valence-corrected chi connectivity index (χ2v) is 4.12. The van der Waals surface area contributed by atoms with Gasteiger partial charge < -0.3 is 15.2 Å². The largest absolute Gasteiger partial charge is 0.497 e. The van der Waals surface area contributed by atoms with E-state index in [0.29, 0.717) is 17.2 Å². The molecule has 0 aliphatic carbocycles. The summed E-state index contributed by atoms with van der Waals surface area (Å²) in [7, 11) is 3.10. The van der Waals surface area contributed by atoms with Crippen molar-refractivity contribution in [2.24, 2.45) is 0 Å². The average Bonchev–Trinajstić information content (AvgIpc) is 2.37. The molecule has 3 N–H and O–H groups in total. The van der Waals surface area contributed by atoms with Gasteiger partial charge in [-0.2, -0.15) is 0 Å². The van der Waals surface area contributed by atoms with Crippen LogP contribution < -0.4 is 20.8 Å². The van der Waals surface area contributed by atoms with Crippen LogP contribution in [0.2, 0.25) is 0 Å². The highest BCUT2D eigenvalue weighted by Gasteiger charge is 2.10. The molecule has 2 aromatic rings. The summed E-state index contributed by atoms with van der Waals surface area (Å²) in [6.45, 7) is 0. The number of hydrogen-bond donors (Lipinski definition) is 2. The average molecular weight is 279 g/mol. The Hall–Kier alpha value is -2.28. The number of benzene rings is 1. The Morgan fingerprint density at radius 2 is 2.00 bits per heavy atom. The zero-order chi connectivity index (χ0) is 14.0. The van der Waals surface area contributed by atoms with Gasteiger partial charge in [0, 0.05) is 12.1 Å². The van der Waals surface area contributed by atoms with Crippen LogP contribution in [0.1, 0.15) is 0 Å². The van der Waals surface area contributed by atoms with Gasteiger partial charge in [-0.1, -0.05) is 0 Å². The zero-order valence-electron chi connectivity index (χ0n) is 10.5. The van der Waals surface area contributed by atoms with Gasteiger partial charge in [0.1, 0.15) is 17.3 Å². The number of aromatic nitrogens is 2. The fourth-order valence-corrected chi connectivity index (χ4v) is 2.04. The molecule has 0 unspecified atom stereocenters. The Balaban J connectivity index is 2.77. The summed E-state index contributed by atoms with van der Waals surface area (Å²) in [5.74, 6) is 1.42. The molecule has 100 valence electrons. The minimum absolute atomic E-state index is 0.191. The standard InChI is InChI=1S/C12H13N3O3S/c1-17-7-3-4-9(18-2)8(5-7)15-10(13)6-11(16)14-12(15)19/h3-6H,13H2,1-2H3,(H,14,16,19). The number of methoxy groups -OCH3 is 2. The number of nitrogens with one attached hydrogen (secondary N) is 1. The van der Waals surface area contributed by atoms with E-state index in [0.717, 1.165) is 0 Å². The van der Waals surface area contributed by atoms with Crippen molar-refractivity contribution < 1.29 is 9.47 Å². The highest BCUT2D eigenvalue weighted by Crippen LogP contribution is 2.28. The Bertz CT molecular complexity index is 721.